The van der Waals surface area contributed by atoms with Gasteiger partial charge in [0.2, 0.25) is 5.78 Å². The number of ketones is 1. The van der Waals surface area contributed by atoms with Crippen molar-refractivity contribution in [3.63, 3.8) is 0 Å². The van der Waals surface area contributed by atoms with Gasteiger partial charge in [0.25, 0.3) is 0 Å². The molecule has 8 heterocycles. The topological polar surface area (TPSA) is 127 Å². The lowest BCUT2D eigenvalue weighted by Gasteiger charge is -2.43. The zero-order valence-electron chi connectivity index (χ0n) is 26.8. The Morgan fingerprint density at radius 2 is 1.83 bits per heavy atom. The zero-order valence-corrected chi connectivity index (χ0v) is 26.8. The van der Waals surface area contributed by atoms with E-state index in [1.165, 1.54) is 5.70 Å². The fourth-order valence-corrected chi connectivity index (χ4v) is 7.65. The molecular weight excluding hydrogens is 608 g/mol. The molecule has 13 heteroatoms. The first-order valence-corrected chi connectivity index (χ1v) is 16.9. The number of carbonyl (C=O) groups is 1. The van der Waals surface area contributed by atoms with Crippen LogP contribution in [0.1, 0.15) is 31.2 Å². The van der Waals surface area contributed by atoms with E-state index in [1.54, 1.807) is 23.1 Å². The van der Waals surface area contributed by atoms with Crippen molar-refractivity contribution in [1.29, 1.82) is 0 Å². The third-order valence-electron chi connectivity index (χ3n) is 10.3. The summed E-state index contributed by atoms with van der Waals surface area (Å²) in [6.45, 7) is 6.83. The molecule has 2 saturated heterocycles. The highest BCUT2D eigenvalue weighted by Gasteiger charge is 2.38. The van der Waals surface area contributed by atoms with Crippen LogP contribution in [0.15, 0.2) is 72.2 Å². The van der Waals surface area contributed by atoms with Gasteiger partial charge in [-0.1, -0.05) is 0 Å². The molecule has 9 rings (SSSR count). The van der Waals surface area contributed by atoms with E-state index in [-0.39, 0.29) is 12.4 Å². The summed E-state index contributed by atoms with van der Waals surface area (Å²) in [7, 11) is 0. The summed E-state index contributed by atoms with van der Waals surface area (Å²) in [4.78, 5) is 36.4. The summed E-state index contributed by atoms with van der Waals surface area (Å²) in [5, 5.41) is 19.0. The average Bonchev–Trinajstić information content (AvgIpc) is 3.70. The van der Waals surface area contributed by atoms with Crippen molar-refractivity contribution in [1.82, 2.24) is 34.4 Å². The quantitative estimate of drug-likeness (QED) is 0.306. The van der Waals surface area contributed by atoms with E-state index in [1.807, 2.05) is 35.5 Å². The van der Waals surface area contributed by atoms with Gasteiger partial charge in [-0.25, -0.2) is 19.5 Å². The van der Waals surface area contributed by atoms with Crippen LogP contribution >= 0.6 is 0 Å². The van der Waals surface area contributed by atoms with Crippen molar-refractivity contribution in [2.24, 2.45) is 0 Å². The third kappa shape index (κ3) is 5.00. The van der Waals surface area contributed by atoms with Crippen LogP contribution in [0.3, 0.4) is 0 Å². The molecule has 4 aliphatic heterocycles. The lowest BCUT2D eigenvalue weighted by Crippen LogP contribution is -2.56. The molecule has 246 valence electrons. The van der Waals surface area contributed by atoms with E-state index in [2.05, 4.69) is 31.1 Å². The van der Waals surface area contributed by atoms with Crippen LogP contribution in [-0.4, -0.2) is 104 Å². The number of fused-ring (bicyclic) bond motifs is 3. The molecule has 0 aromatic carbocycles. The van der Waals surface area contributed by atoms with Crippen molar-refractivity contribution in [2.75, 3.05) is 67.6 Å². The first-order valence-electron chi connectivity index (χ1n) is 16.9. The standard InChI is InChI=1S/C35H38N10O3/c46-20-27-25(7-8-36-34(27)43-15-16-44-30-4-2-1-3-26(30)33(47)31(44)19-43)28-17-29(35-37-9-10-45(35)40-28)39-32-6-5-23(18-38-32)41-11-13-42(14-12-41)24-21-48-22-24/h5-10,17-19,24,46H,1-4,11-16,20-22H2,(H,38,39). The van der Waals surface area contributed by atoms with Crippen LogP contribution < -0.4 is 15.1 Å². The second-order valence-corrected chi connectivity index (χ2v) is 13.0. The van der Waals surface area contributed by atoms with E-state index >= 15 is 0 Å². The highest BCUT2D eigenvalue weighted by atomic mass is 16.5. The molecule has 4 aromatic rings. The number of aliphatic hydroxyl groups is 1. The van der Waals surface area contributed by atoms with Gasteiger partial charge in [0.05, 0.1) is 49.1 Å². The van der Waals surface area contributed by atoms with E-state index in [0.29, 0.717) is 53.4 Å². The Hall–Kier alpha value is -4.85. The van der Waals surface area contributed by atoms with E-state index in [9.17, 15) is 9.90 Å². The van der Waals surface area contributed by atoms with Crippen molar-refractivity contribution >= 4 is 34.4 Å². The lowest BCUT2D eigenvalue weighted by atomic mass is 9.96. The second kappa shape index (κ2) is 12.0. The molecule has 1 aliphatic carbocycles. The molecule has 2 N–H and O–H groups in total. The fraction of sp³-hybridized carbons (Fsp3) is 0.400. The molecule has 48 heavy (non-hydrogen) atoms. The number of allylic oxidation sites excluding steroid dienone is 2. The van der Waals surface area contributed by atoms with Crippen LogP contribution in [0.25, 0.3) is 16.9 Å². The maximum atomic E-state index is 13.3. The molecular formula is C35H38N10O3. The van der Waals surface area contributed by atoms with Gasteiger partial charge < -0.3 is 29.9 Å². The van der Waals surface area contributed by atoms with Gasteiger partial charge in [0, 0.05) is 86.5 Å². The number of pyridine rings is 2. The zero-order chi connectivity index (χ0) is 32.2. The third-order valence-corrected chi connectivity index (χ3v) is 10.3. The average molecular weight is 647 g/mol. The Labute approximate surface area is 278 Å². The number of carbonyl (C=O) groups excluding carboxylic acids is 1. The maximum absolute atomic E-state index is 13.3. The van der Waals surface area contributed by atoms with Crippen LogP contribution in [0, 0.1) is 0 Å². The summed E-state index contributed by atoms with van der Waals surface area (Å²) in [6, 6.07) is 8.49. The van der Waals surface area contributed by atoms with Crippen molar-refractivity contribution in [3.8, 4) is 11.3 Å². The first-order chi connectivity index (χ1) is 23.6. The molecule has 0 radical (unpaired) electrons. The smallest absolute Gasteiger partial charge is 0.208 e. The Balaban J connectivity index is 0.980. The van der Waals surface area contributed by atoms with Gasteiger partial charge in [-0.2, -0.15) is 5.10 Å². The minimum atomic E-state index is -0.233. The number of nitrogens with zero attached hydrogens (tertiary/aromatic N) is 9. The van der Waals surface area contributed by atoms with E-state index in [4.69, 9.17) is 19.8 Å². The highest BCUT2D eigenvalue weighted by Crippen LogP contribution is 2.41. The van der Waals surface area contributed by atoms with Crippen molar-refractivity contribution in [3.05, 3.63) is 77.8 Å². The predicted molar refractivity (Wildman–Crippen MR) is 181 cm³/mol. The Morgan fingerprint density at radius 1 is 0.958 bits per heavy atom. The summed E-state index contributed by atoms with van der Waals surface area (Å²) in [5.41, 5.74) is 7.45. The Morgan fingerprint density at radius 3 is 2.62 bits per heavy atom. The van der Waals surface area contributed by atoms with Crippen LogP contribution in [0.5, 0.6) is 0 Å². The predicted octanol–water partition coefficient (Wildman–Crippen LogP) is 3.32. The Kier molecular flexibility index (Phi) is 7.32. The molecule has 0 bridgehead atoms. The van der Waals surface area contributed by atoms with Gasteiger partial charge in [-0.05, 0) is 49.9 Å². The minimum absolute atomic E-state index is 0.128. The van der Waals surface area contributed by atoms with Gasteiger partial charge in [0.15, 0.2) is 5.65 Å². The summed E-state index contributed by atoms with van der Waals surface area (Å²) >= 11 is 0. The fourth-order valence-electron chi connectivity index (χ4n) is 7.65. The molecule has 4 aromatic heterocycles. The number of Topliss-reactive ketones (excluding diaryl/α,β-unsaturated/α-hetero) is 1. The lowest BCUT2D eigenvalue weighted by molar-refractivity contribution is -0.112. The molecule has 0 atom stereocenters. The van der Waals surface area contributed by atoms with Crippen LogP contribution in [0.4, 0.5) is 23.0 Å². The molecule has 0 amide bonds. The molecule has 2 fully saturated rings. The summed E-state index contributed by atoms with van der Waals surface area (Å²) < 4.78 is 7.10. The number of hydrogen-bond acceptors (Lipinski definition) is 12. The number of nitrogens with one attached hydrogen (secondary N) is 1. The molecule has 5 aliphatic rings. The molecule has 0 saturated carbocycles. The second-order valence-electron chi connectivity index (χ2n) is 13.0. The van der Waals surface area contributed by atoms with Gasteiger partial charge in [-0.15, -0.1) is 0 Å². The number of piperazine rings is 1. The van der Waals surface area contributed by atoms with Crippen LogP contribution in [0.2, 0.25) is 0 Å². The van der Waals surface area contributed by atoms with Crippen LogP contribution in [-0.2, 0) is 16.1 Å². The number of aromatic nitrogens is 5. The number of rotatable bonds is 7. The number of imidazole rings is 1. The minimum Gasteiger partial charge on any atom is -0.392 e. The van der Waals surface area contributed by atoms with Gasteiger partial charge in [-0.3, -0.25) is 9.69 Å². The molecule has 0 spiro atoms. The molecule has 13 nitrogen and oxygen atoms in total. The highest BCUT2D eigenvalue weighted by molar-refractivity contribution is 6.11. The van der Waals surface area contributed by atoms with E-state index < -0.39 is 0 Å². The molecule has 0 unspecified atom stereocenters. The number of aliphatic hydroxyl groups excluding tert-OH is 1. The Bertz CT molecular complexity index is 1940. The first kappa shape index (κ1) is 29.3. The van der Waals surface area contributed by atoms with Gasteiger partial charge >= 0.3 is 0 Å². The largest absolute Gasteiger partial charge is 0.392 e. The van der Waals surface area contributed by atoms with Crippen molar-refractivity contribution in [2.45, 2.75) is 38.3 Å². The number of hydrogen-bond donors (Lipinski definition) is 2. The normalized spacial score (nSPS) is 20.2. The van der Waals surface area contributed by atoms with Gasteiger partial charge in [0.1, 0.15) is 17.3 Å². The van der Waals surface area contributed by atoms with E-state index in [0.717, 1.165) is 87.6 Å². The van der Waals surface area contributed by atoms with Crippen molar-refractivity contribution < 1.29 is 14.6 Å². The number of ether oxygens (including phenoxy) is 1. The SMILES string of the molecule is O=C1C2=CN(c3nccc(-c4cc(Nc5ccc(N6CCN(C7COC7)CC6)cn5)c5nccn5n4)c3CO)CCN2C2=C1CCCC2. The maximum Gasteiger partial charge on any atom is 0.208 e. The summed E-state index contributed by atoms with van der Waals surface area (Å²) in [6.07, 6.45) is 13.1. The summed E-state index contributed by atoms with van der Waals surface area (Å²) in [5.74, 6) is 1.45. The number of anilines is 4. The monoisotopic (exact) mass is 646 g/mol.